The Hall–Kier alpha value is -2.87. The molecule has 1 atom stereocenters. The van der Waals surface area contributed by atoms with E-state index < -0.39 is 5.41 Å². The Morgan fingerprint density at radius 3 is 1.92 bits per heavy atom. The lowest BCUT2D eigenvalue weighted by atomic mass is 9.69. The topological polar surface area (TPSA) is 26.3 Å². The Morgan fingerprint density at radius 2 is 1.36 bits per heavy atom. The van der Waals surface area contributed by atoms with Crippen LogP contribution in [-0.4, -0.2) is 12.1 Å². The molecular weight excluding hydrogens is 308 g/mol. The molecule has 124 valence electrons. The van der Waals surface area contributed by atoms with E-state index in [9.17, 15) is 4.79 Å². The van der Waals surface area contributed by atoms with Crippen LogP contribution in [0.5, 0.6) is 0 Å². The van der Waals surface area contributed by atoms with E-state index in [0.717, 1.165) is 17.5 Å². The molecule has 0 radical (unpaired) electrons. The maximum atomic E-state index is 11.9. The molecule has 4 rings (SSSR count). The van der Waals surface area contributed by atoms with Crippen molar-refractivity contribution in [3.63, 3.8) is 0 Å². The third kappa shape index (κ3) is 2.45. The van der Waals surface area contributed by atoms with Crippen LogP contribution in [0.1, 0.15) is 29.2 Å². The summed E-state index contributed by atoms with van der Waals surface area (Å²) in [5, 5.41) is 0. The van der Waals surface area contributed by atoms with Gasteiger partial charge in [-0.05, 0) is 22.3 Å². The van der Waals surface area contributed by atoms with E-state index in [0.29, 0.717) is 0 Å². The summed E-state index contributed by atoms with van der Waals surface area (Å²) < 4.78 is 5.88. The molecule has 0 aliphatic heterocycles. The predicted molar refractivity (Wildman–Crippen MR) is 98.5 cm³/mol. The molecular formula is C23H20O2. The zero-order valence-corrected chi connectivity index (χ0v) is 14.2. The average Bonchev–Trinajstić information content (AvgIpc) is 2.97. The summed E-state index contributed by atoms with van der Waals surface area (Å²) in [4.78, 5) is 11.9. The van der Waals surface area contributed by atoms with Crippen molar-refractivity contribution in [2.24, 2.45) is 0 Å². The molecule has 0 bridgehead atoms. The van der Waals surface area contributed by atoms with E-state index >= 15 is 0 Å². The first kappa shape index (κ1) is 15.6. The summed E-state index contributed by atoms with van der Waals surface area (Å²) in [5.41, 5.74) is 4.28. The highest BCUT2D eigenvalue weighted by Crippen LogP contribution is 2.50. The summed E-state index contributed by atoms with van der Waals surface area (Å²) in [7, 11) is 0. The van der Waals surface area contributed by atoms with Crippen LogP contribution in [0.2, 0.25) is 0 Å². The standard InChI is InChI=1S/C23H20O2/c1-17(24)25-22-16-18-10-8-9-15-21(18)23(22,19-11-4-2-5-12-19)20-13-6-3-7-14-20/h2-15,22H,16H2,1H3. The van der Waals surface area contributed by atoms with Gasteiger partial charge in [-0.1, -0.05) is 84.9 Å². The fourth-order valence-corrected chi connectivity index (χ4v) is 4.19. The van der Waals surface area contributed by atoms with Crippen molar-refractivity contribution in [2.75, 3.05) is 0 Å². The minimum Gasteiger partial charge on any atom is -0.461 e. The van der Waals surface area contributed by atoms with Crippen molar-refractivity contribution >= 4 is 5.97 Å². The Bertz CT molecular complexity index is 845. The van der Waals surface area contributed by atoms with Gasteiger partial charge < -0.3 is 4.74 Å². The molecule has 0 heterocycles. The third-order valence-corrected chi connectivity index (χ3v) is 5.10. The third-order valence-electron chi connectivity index (χ3n) is 5.10. The highest BCUT2D eigenvalue weighted by molar-refractivity contribution is 5.68. The normalized spacial score (nSPS) is 17.7. The first-order valence-electron chi connectivity index (χ1n) is 8.59. The minimum absolute atomic E-state index is 0.242. The lowest BCUT2D eigenvalue weighted by molar-refractivity contribution is -0.147. The fourth-order valence-electron chi connectivity index (χ4n) is 4.19. The molecule has 0 N–H and O–H groups in total. The highest BCUT2D eigenvalue weighted by atomic mass is 16.5. The first-order chi connectivity index (χ1) is 12.2. The Kier molecular flexibility index (Phi) is 3.89. The highest BCUT2D eigenvalue weighted by Gasteiger charge is 2.51. The van der Waals surface area contributed by atoms with Gasteiger partial charge in [0.25, 0.3) is 0 Å². The van der Waals surface area contributed by atoms with Gasteiger partial charge in [0.05, 0.1) is 5.41 Å². The molecule has 0 spiro atoms. The van der Waals surface area contributed by atoms with Gasteiger partial charge in [-0.25, -0.2) is 0 Å². The second-order valence-corrected chi connectivity index (χ2v) is 6.50. The van der Waals surface area contributed by atoms with Crippen LogP contribution in [0.4, 0.5) is 0 Å². The Balaban J connectivity index is 2.04. The van der Waals surface area contributed by atoms with Gasteiger partial charge in [-0.3, -0.25) is 4.79 Å². The van der Waals surface area contributed by atoms with Crippen LogP contribution in [0, 0.1) is 0 Å². The summed E-state index contributed by atoms with van der Waals surface area (Å²) in [6.07, 6.45) is 0.465. The molecule has 1 aliphatic carbocycles. The van der Waals surface area contributed by atoms with Gasteiger partial charge in [-0.15, -0.1) is 0 Å². The van der Waals surface area contributed by atoms with Crippen molar-refractivity contribution in [3.8, 4) is 0 Å². The molecule has 1 aliphatic rings. The molecule has 0 aromatic heterocycles. The number of hydrogen-bond donors (Lipinski definition) is 0. The van der Waals surface area contributed by atoms with E-state index in [1.54, 1.807) is 0 Å². The minimum atomic E-state index is -0.481. The second-order valence-electron chi connectivity index (χ2n) is 6.50. The van der Waals surface area contributed by atoms with Gasteiger partial charge in [0.15, 0.2) is 0 Å². The monoisotopic (exact) mass is 328 g/mol. The van der Waals surface area contributed by atoms with E-state index in [-0.39, 0.29) is 12.1 Å². The number of benzene rings is 3. The summed E-state index contributed by atoms with van der Waals surface area (Å²) >= 11 is 0. The first-order valence-corrected chi connectivity index (χ1v) is 8.59. The van der Waals surface area contributed by atoms with Crippen molar-refractivity contribution in [2.45, 2.75) is 24.9 Å². The van der Waals surface area contributed by atoms with Gasteiger partial charge in [0.2, 0.25) is 0 Å². The summed E-state index contributed by atoms with van der Waals surface area (Å²) in [6.45, 7) is 1.49. The molecule has 0 amide bonds. The number of esters is 1. The maximum Gasteiger partial charge on any atom is 0.302 e. The molecule has 25 heavy (non-hydrogen) atoms. The number of fused-ring (bicyclic) bond motifs is 1. The number of hydrogen-bond acceptors (Lipinski definition) is 2. The van der Waals surface area contributed by atoms with Crippen LogP contribution in [0.25, 0.3) is 0 Å². The zero-order chi connectivity index (χ0) is 17.3. The summed E-state index contributed by atoms with van der Waals surface area (Å²) in [5.74, 6) is -0.242. The smallest absolute Gasteiger partial charge is 0.302 e. The number of carbonyl (C=O) groups is 1. The van der Waals surface area contributed by atoms with Crippen molar-refractivity contribution in [1.29, 1.82) is 0 Å². The van der Waals surface area contributed by atoms with Gasteiger partial charge in [0.1, 0.15) is 6.10 Å². The lowest BCUT2D eigenvalue weighted by Gasteiger charge is -2.37. The van der Waals surface area contributed by atoms with Crippen molar-refractivity contribution < 1.29 is 9.53 Å². The quantitative estimate of drug-likeness (QED) is 0.661. The molecule has 3 aromatic rings. The molecule has 2 heteroatoms. The second kappa shape index (κ2) is 6.21. The summed E-state index contributed by atoms with van der Waals surface area (Å²) in [6, 6.07) is 29.2. The predicted octanol–water partition coefficient (Wildman–Crippen LogP) is 4.51. The van der Waals surface area contributed by atoms with Crippen LogP contribution < -0.4 is 0 Å². The van der Waals surface area contributed by atoms with Crippen LogP contribution in [0.15, 0.2) is 84.9 Å². The number of rotatable bonds is 3. The van der Waals surface area contributed by atoms with Crippen molar-refractivity contribution in [3.05, 3.63) is 107 Å². The zero-order valence-electron chi connectivity index (χ0n) is 14.2. The molecule has 0 saturated carbocycles. The van der Waals surface area contributed by atoms with E-state index in [2.05, 4.69) is 48.5 Å². The van der Waals surface area contributed by atoms with Gasteiger partial charge in [-0.2, -0.15) is 0 Å². The van der Waals surface area contributed by atoms with Crippen LogP contribution >= 0.6 is 0 Å². The van der Waals surface area contributed by atoms with Crippen LogP contribution in [-0.2, 0) is 21.4 Å². The Morgan fingerprint density at radius 1 is 0.840 bits per heavy atom. The fraction of sp³-hybridized carbons (Fsp3) is 0.174. The lowest BCUT2D eigenvalue weighted by Crippen LogP contribution is -2.41. The maximum absolute atomic E-state index is 11.9. The molecule has 0 saturated heterocycles. The molecule has 2 nitrogen and oxygen atoms in total. The van der Waals surface area contributed by atoms with E-state index in [4.69, 9.17) is 4.74 Å². The average molecular weight is 328 g/mol. The van der Waals surface area contributed by atoms with Gasteiger partial charge >= 0.3 is 5.97 Å². The van der Waals surface area contributed by atoms with Crippen molar-refractivity contribution in [1.82, 2.24) is 0 Å². The molecule has 3 aromatic carbocycles. The number of ether oxygens (including phenoxy) is 1. The van der Waals surface area contributed by atoms with Crippen LogP contribution in [0.3, 0.4) is 0 Å². The SMILES string of the molecule is CC(=O)OC1Cc2ccccc2C1(c1ccccc1)c1ccccc1. The van der Waals surface area contributed by atoms with Gasteiger partial charge in [0, 0.05) is 13.3 Å². The van der Waals surface area contributed by atoms with E-state index in [1.807, 2.05) is 36.4 Å². The molecule has 0 fully saturated rings. The van der Waals surface area contributed by atoms with E-state index in [1.165, 1.54) is 18.1 Å². The Labute approximate surface area is 148 Å². The molecule has 1 unspecified atom stereocenters. The number of carbonyl (C=O) groups excluding carboxylic acids is 1. The largest absolute Gasteiger partial charge is 0.461 e.